The number of nitrogens with zero attached hydrogens (tertiary/aromatic N) is 2. The van der Waals surface area contributed by atoms with Gasteiger partial charge in [0.25, 0.3) is 5.91 Å². The Morgan fingerprint density at radius 3 is 2.76 bits per heavy atom. The highest BCUT2D eigenvalue weighted by Crippen LogP contribution is 2.18. The fourth-order valence-electron chi connectivity index (χ4n) is 1.69. The van der Waals surface area contributed by atoms with E-state index in [0.717, 1.165) is 17.5 Å². The first-order valence-corrected chi connectivity index (χ1v) is 5.52. The molecule has 1 fully saturated rings. The summed E-state index contributed by atoms with van der Waals surface area (Å²) in [6.07, 6.45) is 2.33. The van der Waals surface area contributed by atoms with Crippen LogP contribution in [0.25, 0.3) is 11.0 Å². The standard InChI is InChI=1S/C12H12N4O/c13-7-5-10(7)16-12(17)11-6-14-8-3-1-2-4-9(8)15-11/h1-4,6-7,10H,5,13H2,(H,16,17). The average molecular weight is 228 g/mol. The lowest BCUT2D eigenvalue weighted by atomic mass is 10.3. The molecule has 17 heavy (non-hydrogen) atoms. The Morgan fingerprint density at radius 1 is 1.35 bits per heavy atom. The molecule has 2 atom stereocenters. The first-order valence-electron chi connectivity index (χ1n) is 5.52. The van der Waals surface area contributed by atoms with Gasteiger partial charge < -0.3 is 11.1 Å². The van der Waals surface area contributed by atoms with Crippen molar-refractivity contribution in [2.45, 2.75) is 18.5 Å². The van der Waals surface area contributed by atoms with Gasteiger partial charge in [0.2, 0.25) is 0 Å². The third-order valence-corrected chi connectivity index (χ3v) is 2.84. The van der Waals surface area contributed by atoms with Crippen LogP contribution in [0.2, 0.25) is 0 Å². The van der Waals surface area contributed by atoms with E-state index in [4.69, 9.17) is 5.73 Å². The molecule has 3 N–H and O–H groups in total. The van der Waals surface area contributed by atoms with Crippen molar-refractivity contribution in [3.05, 3.63) is 36.2 Å². The summed E-state index contributed by atoms with van der Waals surface area (Å²) in [6.45, 7) is 0. The number of nitrogens with one attached hydrogen (secondary N) is 1. The second-order valence-corrected chi connectivity index (χ2v) is 4.22. The summed E-state index contributed by atoms with van der Waals surface area (Å²) in [5, 5.41) is 2.82. The number of hydrogen-bond acceptors (Lipinski definition) is 4. The molecular weight excluding hydrogens is 216 g/mol. The number of carbonyl (C=O) groups is 1. The molecule has 5 heteroatoms. The van der Waals surface area contributed by atoms with Gasteiger partial charge in [-0.05, 0) is 18.6 Å². The van der Waals surface area contributed by atoms with Crippen molar-refractivity contribution in [2.24, 2.45) is 5.73 Å². The Balaban J connectivity index is 1.87. The summed E-state index contributed by atoms with van der Waals surface area (Å²) >= 11 is 0. The Morgan fingerprint density at radius 2 is 2.06 bits per heavy atom. The third kappa shape index (κ3) is 1.97. The zero-order valence-electron chi connectivity index (χ0n) is 9.13. The molecule has 2 unspecified atom stereocenters. The van der Waals surface area contributed by atoms with E-state index in [1.807, 2.05) is 24.3 Å². The number of amides is 1. The summed E-state index contributed by atoms with van der Waals surface area (Å²) in [4.78, 5) is 20.3. The molecule has 3 rings (SSSR count). The lowest BCUT2D eigenvalue weighted by molar-refractivity contribution is 0.0945. The van der Waals surface area contributed by atoms with Gasteiger partial charge in [-0.3, -0.25) is 9.78 Å². The van der Waals surface area contributed by atoms with Gasteiger partial charge >= 0.3 is 0 Å². The van der Waals surface area contributed by atoms with Crippen LogP contribution in [0.1, 0.15) is 16.9 Å². The number of benzene rings is 1. The predicted octanol–water partition coefficient (Wildman–Crippen LogP) is 0.459. The summed E-state index contributed by atoms with van der Waals surface area (Å²) in [6, 6.07) is 7.64. The van der Waals surface area contributed by atoms with Gasteiger partial charge in [-0.25, -0.2) is 4.98 Å². The quantitative estimate of drug-likeness (QED) is 0.782. The van der Waals surface area contributed by atoms with Crippen molar-refractivity contribution < 1.29 is 4.79 Å². The number of para-hydroxylation sites is 2. The molecular formula is C12H12N4O. The Bertz CT molecular complexity index is 583. The minimum absolute atomic E-state index is 0.0902. The fraction of sp³-hybridized carbons (Fsp3) is 0.250. The second-order valence-electron chi connectivity index (χ2n) is 4.22. The Hall–Kier alpha value is -2.01. The molecule has 1 aromatic carbocycles. The van der Waals surface area contributed by atoms with E-state index >= 15 is 0 Å². The largest absolute Gasteiger partial charge is 0.346 e. The van der Waals surface area contributed by atoms with Crippen LogP contribution in [0.3, 0.4) is 0 Å². The van der Waals surface area contributed by atoms with Crippen molar-refractivity contribution in [2.75, 3.05) is 0 Å². The van der Waals surface area contributed by atoms with Crippen molar-refractivity contribution in [1.82, 2.24) is 15.3 Å². The lowest BCUT2D eigenvalue weighted by Gasteiger charge is -2.03. The van der Waals surface area contributed by atoms with E-state index in [1.54, 1.807) is 0 Å². The predicted molar refractivity (Wildman–Crippen MR) is 63.4 cm³/mol. The van der Waals surface area contributed by atoms with Crippen molar-refractivity contribution in [3.63, 3.8) is 0 Å². The van der Waals surface area contributed by atoms with Gasteiger partial charge in [-0.15, -0.1) is 0 Å². The normalized spacial score (nSPS) is 22.4. The van der Waals surface area contributed by atoms with E-state index in [0.29, 0.717) is 5.69 Å². The van der Waals surface area contributed by atoms with Crippen molar-refractivity contribution in [3.8, 4) is 0 Å². The highest BCUT2D eigenvalue weighted by Gasteiger charge is 2.35. The monoisotopic (exact) mass is 228 g/mol. The Labute approximate surface area is 98.1 Å². The van der Waals surface area contributed by atoms with E-state index < -0.39 is 0 Å². The third-order valence-electron chi connectivity index (χ3n) is 2.84. The molecule has 0 aliphatic heterocycles. The fourth-order valence-corrected chi connectivity index (χ4v) is 1.69. The SMILES string of the molecule is NC1CC1NC(=O)c1cnc2ccccc2n1. The topological polar surface area (TPSA) is 80.9 Å². The van der Waals surface area contributed by atoms with Crippen molar-refractivity contribution >= 4 is 16.9 Å². The van der Waals surface area contributed by atoms with Gasteiger partial charge in [0.05, 0.1) is 17.2 Å². The van der Waals surface area contributed by atoms with Crippen LogP contribution in [-0.4, -0.2) is 28.0 Å². The molecule has 0 saturated heterocycles. The molecule has 1 heterocycles. The first kappa shape index (κ1) is 10.2. The maximum absolute atomic E-state index is 11.8. The first-order chi connectivity index (χ1) is 8.24. The number of aromatic nitrogens is 2. The zero-order valence-corrected chi connectivity index (χ0v) is 9.13. The molecule has 2 aromatic rings. The van der Waals surface area contributed by atoms with Crippen LogP contribution >= 0.6 is 0 Å². The molecule has 0 radical (unpaired) electrons. The molecule has 1 saturated carbocycles. The Kier molecular flexibility index (Phi) is 2.26. The molecule has 86 valence electrons. The molecule has 0 spiro atoms. The highest BCUT2D eigenvalue weighted by molar-refractivity contribution is 5.94. The number of carbonyl (C=O) groups excluding carboxylic acids is 1. The zero-order chi connectivity index (χ0) is 11.8. The average Bonchev–Trinajstić information content (AvgIpc) is 3.04. The summed E-state index contributed by atoms with van der Waals surface area (Å²) < 4.78 is 0. The van der Waals surface area contributed by atoms with Crippen LogP contribution in [0.15, 0.2) is 30.5 Å². The lowest BCUT2D eigenvalue weighted by Crippen LogP contribution is -2.30. The van der Waals surface area contributed by atoms with Crippen LogP contribution in [0.4, 0.5) is 0 Å². The minimum atomic E-state index is -0.207. The van der Waals surface area contributed by atoms with Gasteiger partial charge in [0.1, 0.15) is 5.69 Å². The molecule has 1 amide bonds. The van der Waals surface area contributed by atoms with Crippen molar-refractivity contribution in [1.29, 1.82) is 0 Å². The number of rotatable bonds is 2. The van der Waals surface area contributed by atoms with E-state index in [2.05, 4.69) is 15.3 Å². The van der Waals surface area contributed by atoms with Gasteiger partial charge in [0, 0.05) is 12.1 Å². The maximum Gasteiger partial charge on any atom is 0.271 e. The number of hydrogen-bond donors (Lipinski definition) is 2. The van der Waals surface area contributed by atoms with Crippen LogP contribution in [0, 0.1) is 0 Å². The molecule has 1 aromatic heterocycles. The number of fused-ring (bicyclic) bond motifs is 1. The van der Waals surface area contributed by atoms with Crippen LogP contribution < -0.4 is 11.1 Å². The molecule has 1 aliphatic carbocycles. The van der Waals surface area contributed by atoms with Gasteiger partial charge in [-0.1, -0.05) is 12.1 Å². The second kappa shape index (κ2) is 3.78. The highest BCUT2D eigenvalue weighted by atomic mass is 16.2. The van der Waals surface area contributed by atoms with Gasteiger partial charge in [-0.2, -0.15) is 0 Å². The van der Waals surface area contributed by atoms with Crippen LogP contribution in [-0.2, 0) is 0 Å². The maximum atomic E-state index is 11.8. The van der Waals surface area contributed by atoms with E-state index in [1.165, 1.54) is 6.20 Å². The van der Waals surface area contributed by atoms with Crippen LogP contribution in [0.5, 0.6) is 0 Å². The summed E-state index contributed by atoms with van der Waals surface area (Å²) in [5.41, 5.74) is 7.48. The van der Waals surface area contributed by atoms with E-state index in [9.17, 15) is 4.79 Å². The number of nitrogens with two attached hydrogens (primary N) is 1. The molecule has 1 aliphatic rings. The van der Waals surface area contributed by atoms with Gasteiger partial charge in [0.15, 0.2) is 0 Å². The minimum Gasteiger partial charge on any atom is -0.346 e. The van der Waals surface area contributed by atoms with E-state index in [-0.39, 0.29) is 18.0 Å². The molecule has 0 bridgehead atoms. The smallest absolute Gasteiger partial charge is 0.271 e. The summed E-state index contributed by atoms with van der Waals surface area (Å²) in [5.74, 6) is -0.207. The molecule has 5 nitrogen and oxygen atoms in total. The summed E-state index contributed by atoms with van der Waals surface area (Å²) in [7, 11) is 0.